The van der Waals surface area contributed by atoms with Gasteiger partial charge in [0, 0.05) is 31.5 Å². The first kappa shape index (κ1) is 19.1. The molecule has 0 unspecified atom stereocenters. The van der Waals surface area contributed by atoms with Crippen molar-refractivity contribution in [3.05, 3.63) is 71.0 Å². The van der Waals surface area contributed by atoms with Gasteiger partial charge in [-0.25, -0.2) is 13.2 Å². The second-order valence-electron chi connectivity index (χ2n) is 6.79. The minimum Gasteiger partial charge on any atom is -0.338 e. The third-order valence-electron chi connectivity index (χ3n) is 4.91. The first-order valence-electron chi connectivity index (χ1n) is 8.96. The Morgan fingerprint density at radius 1 is 1.00 bits per heavy atom. The summed E-state index contributed by atoms with van der Waals surface area (Å²) in [4.78, 5) is 26.4. The molecule has 6 heteroatoms. The minimum absolute atomic E-state index is 0.0575. The van der Waals surface area contributed by atoms with E-state index in [-0.39, 0.29) is 18.2 Å². The SMILES string of the molecule is O=C(CCc1ccccc1)[C@@H]1CCCN(C(=O)c2cc(F)c(F)cc2F)C1. The van der Waals surface area contributed by atoms with Crippen molar-refractivity contribution in [3.8, 4) is 0 Å². The number of halogens is 3. The lowest BCUT2D eigenvalue weighted by Gasteiger charge is -2.32. The average Bonchev–Trinajstić information content (AvgIpc) is 2.69. The Balaban J connectivity index is 1.64. The van der Waals surface area contributed by atoms with Crippen molar-refractivity contribution in [2.24, 2.45) is 5.92 Å². The van der Waals surface area contributed by atoms with E-state index in [9.17, 15) is 22.8 Å². The summed E-state index contributed by atoms with van der Waals surface area (Å²) in [7, 11) is 0. The van der Waals surface area contributed by atoms with Crippen LogP contribution in [0.1, 0.15) is 35.2 Å². The maximum atomic E-state index is 13.9. The van der Waals surface area contributed by atoms with Crippen LogP contribution in [-0.4, -0.2) is 29.7 Å². The zero-order chi connectivity index (χ0) is 19.4. The van der Waals surface area contributed by atoms with Crippen LogP contribution >= 0.6 is 0 Å². The van der Waals surface area contributed by atoms with E-state index in [1.165, 1.54) is 4.90 Å². The molecule has 0 bridgehead atoms. The van der Waals surface area contributed by atoms with Gasteiger partial charge in [0.15, 0.2) is 11.6 Å². The number of nitrogens with zero attached hydrogens (tertiary/aromatic N) is 1. The molecule has 2 aromatic rings. The van der Waals surface area contributed by atoms with E-state index >= 15 is 0 Å². The molecule has 27 heavy (non-hydrogen) atoms. The van der Waals surface area contributed by atoms with Gasteiger partial charge in [-0.05, 0) is 30.9 Å². The van der Waals surface area contributed by atoms with Gasteiger partial charge in [-0.3, -0.25) is 9.59 Å². The minimum atomic E-state index is -1.34. The summed E-state index contributed by atoms with van der Waals surface area (Å²) in [5.74, 6) is -4.69. The topological polar surface area (TPSA) is 37.4 Å². The molecule has 0 aromatic heterocycles. The molecule has 0 N–H and O–H groups in total. The van der Waals surface area contributed by atoms with Gasteiger partial charge in [0.25, 0.3) is 5.91 Å². The number of amides is 1. The molecular formula is C21H20F3NO2. The standard InChI is InChI=1S/C21H20F3NO2/c22-17-12-19(24)18(23)11-16(17)21(27)25-10-4-7-15(13-25)20(26)9-8-14-5-2-1-3-6-14/h1-3,5-6,11-12,15H,4,7-10,13H2/t15-/m1/s1. The zero-order valence-corrected chi connectivity index (χ0v) is 14.8. The second kappa shape index (κ2) is 8.37. The summed E-state index contributed by atoms with van der Waals surface area (Å²) in [6, 6.07) is 10.6. The first-order chi connectivity index (χ1) is 13.0. The maximum Gasteiger partial charge on any atom is 0.256 e. The van der Waals surface area contributed by atoms with Gasteiger partial charge in [-0.2, -0.15) is 0 Å². The van der Waals surface area contributed by atoms with Crippen LogP contribution in [0.3, 0.4) is 0 Å². The van der Waals surface area contributed by atoms with Crippen LogP contribution in [0.4, 0.5) is 13.2 Å². The summed E-state index contributed by atoms with van der Waals surface area (Å²) in [5.41, 5.74) is 0.560. The molecule has 1 atom stereocenters. The van der Waals surface area contributed by atoms with Gasteiger partial charge < -0.3 is 4.90 Å². The number of carbonyl (C=O) groups excluding carboxylic acids is 2. The number of ketones is 1. The number of aryl methyl sites for hydroxylation is 1. The largest absolute Gasteiger partial charge is 0.338 e. The van der Waals surface area contributed by atoms with Crippen LogP contribution in [-0.2, 0) is 11.2 Å². The Morgan fingerprint density at radius 2 is 1.70 bits per heavy atom. The van der Waals surface area contributed by atoms with Crippen molar-refractivity contribution >= 4 is 11.7 Å². The predicted molar refractivity (Wildman–Crippen MR) is 94.7 cm³/mol. The number of benzene rings is 2. The fourth-order valence-corrected chi connectivity index (χ4v) is 3.40. The predicted octanol–water partition coefficient (Wildman–Crippen LogP) is 4.16. The molecule has 1 amide bonds. The molecule has 3 nitrogen and oxygen atoms in total. The first-order valence-corrected chi connectivity index (χ1v) is 8.96. The van der Waals surface area contributed by atoms with Gasteiger partial charge >= 0.3 is 0 Å². The Hall–Kier alpha value is -2.63. The lowest BCUT2D eigenvalue weighted by atomic mass is 9.90. The van der Waals surface area contributed by atoms with Crippen molar-refractivity contribution in [1.29, 1.82) is 0 Å². The summed E-state index contributed by atoms with van der Waals surface area (Å²) < 4.78 is 40.3. The van der Waals surface area contributed by atoms with Crippen molar-refractivity contribution < 1.29 is 22.8 Å². The quantitative estimate of drug-likeness (QED) is 0.736. The number of hydrogen-bond acceptors (Lipinski definition) is 2. The monoisotopic (exact) mass is 375 g/mol. The van der Waals surface area contributed by atoms with E-state index in [2.05, 4.69) is 0 Å². The van der Waals surface area contributed by atoms with E-state index in [0.717, 1.165) is 5.56 Å². The second-order valence-corrected chi connectivity index (χ2v) is 6.79. The van der Waals surface area contributed by atoms with Crippen LogP contribution in [0, 0.1) is 23.4 Å². The number of hydrogen-bond donors (Lipinski definition) is 0. The summed E-state index contributed by atoms with van der Waals surface area (Å²) >= 11 is 0. The molecule has 1 saturated heterocycles. The van der Waals surface area contributed by atoms with E-state index in [0.29, 0.717) is 44.4 Å². The normalized spacial score (nSPS) is 17.0. The fourth-order valence-electron chi connectivity index (χ4n) is 3.40. The van der Waals surface area contributed by atoms with Crippen molar-refractivity contribution in [2.45, 2.75) is 25.7 Å². The highest BCUT2D eigenvalue weighted by molar-refractivity contribution is 5.95. The number of likely N-dealkylation sites (tertiary alicyclic amines) is 1. The molecule has 0 spiro atoms. The van der Waals surface area contributed by atoms with Crippen molar-refractivity contribution in [2.75, 3.05) is 13.1 Å². The Bertz CT molecular complexity index is 839. The highest BCUT2D eigenvalue weighted by atomic mass is 19.2. The molecule has 3 rings (SSSR count). The molecule has 1 fully saturated rings. The molecule has 142 valence electrons. The third kappa shape index (κ3) is 4.56. The van der Waals surface area contributed by atoms with Gasteiger partial charge in [0.1, 0.15) is 11.6 Å². The lowest BCUT2D eigenvalue weighted by molar-refractivity contribution is -0.124. The molecule has 1 aliphatic heterocycles. The summed E-state index contributed by atoms with van der Waals surface area (Å²) in [6.45, 7) is 0.532. The van der Waals surface area contributed by atoms with Crippen LogP contribution < -0.4 is 0 Å². The van der Waals surface area contributed by atoms with Crippen LogP contribution in [0.2, 0.25) is 0 Å². The highest BCUT2D eigenvalue weighted by Gasteiger charge is 2.30. The van der Waals surface area contributed by atoms with Crippen molar-refractivity contribution in [3.63, 3.8) is 0 Å². The van der Waals surface area contributed by atoms with Crippen LogP contribution in [0.25, 0.3) is 0 Å². The maximum absolute atomic E-state index is 13.9. The molecule has 0 saturated carbocycles. The van der Waals surface area contributed by atoms with Gasteiger partial charge in [-0.15, -0.1) is 0 Å². The van der Waals surface area contributed by atoms with Gasteiger partial charge in [-0.1, -0.05) is 30.3 Å². The highest BCUT2D eigenvalue weighted by Crippen LogP contribution is 2.23. The van der Waals surface area contributed by atoms with E-state index in [1.54, 1.807) is 0 Å². The molecule has 0 aliphatic carbocycles. The van der Waals surface area contributed by atoms with E-state index in [4.69, 9.17) is 0 Å². The smallest absolute Gasteiger partial charge is 0.256 e. The summed E-state index contributed by atoms with van der Waals surface area (Å²) in [6.07, 6.45) is 2.27. The lowest BCUT2D eigenvalue weighted by Crippen LogP contribution is -2.42. The van der Waals surface area contributed by atoms with Gasteiger partial charge in [0.05, 0.1) is 5.56 Å². The Labute approximate surface area is 155 Å². The fraction of sp³-hybridized carbons (Fsp3) is 0.333. The van der Waals surface area contributed by atoms with Crippen molar-refractivity contribution in [1.82, 2.24) is 4.90 Å². The number of piperidine rings is 1. The Morgan fingerprint density at radius 3 is 2.44 bits per heavy atom. The Kier molecular flexibility index (Phi) is 5.94. The zero-order valence-electron chi connectivity index (χ0n) is 14.8. The molecule has 2 aromatic carbocycles. The summed E-state index contributed by atoms with van der Waals surface area (Å²) in [5, 5.41) is 0. The van der Waals surface area contributed by atoms with E-state index in [1.807, 2.05) is 30.3 Å². The molecule has 0 radical (unpaired) electrons. The molecule has 1 aliphatic rings. The number of rotatable bonds is 5. The number of Topliss-reactive ketones (excluding diaryl/α,β-unsaturated/α-hetero) is 1. The van der Waals surface area contributed by atoms with Crippen LogP contribution in [0.15, 0.2) is 42.5 Å². The van der Waals surface area contributed by atoms with E-state index < -0.39 is 28.9 Å². The van der Waals surface area contributed by atoms with Crippen LogP contribution in [0.5, 0.6) is 0 Å². The molecular weight excluding hydrogens is 355 g/mol. The molecule has 1 heterocycles. The average molecular weight is 375 g/mol. The third-order valence-corrected chi connectivity index (χ3v) is 4.91. The van der Waals surface area contributed by atoms with Gasteiger partial charge in [0.2, 0.25) is 0 Å². The number of carbonyl (C=O) groups is 2.